The molecule has 2 N–H and O–H groups in total. The van der Waals surface area contributed by atoms with Gasteiger partial charge in [0.1, 0.15) is 0 Å². The summed E-state index contributed by atoms with van der Waals surface area (Å²) in [6.07, 6.45) is 14.1. The molecule has 0 bridgehead atoms. The molecule has 1 amide bonds. The third kappa shape index (κ3) is 12.2. The van der Waals surface area contributed by atoms with Crippen LogP contribution >= 0.6 is 0 Å². The van der Waals surface area contributed by atoms with E-state index in [-0.39, 0.29) is 18.4 Å². The van der Waals surface area contributed by atoms with Gasteiger partial charge in [0.05, 0.1) is 6.61 Å². The summed E-state index contributed by atoms with van der Waals surface area (Å²) in [7, 11) is 0. The van der Waals surface area contributed by atoms with Crippen molar-refractivity contribution in [1.82, 2.24) is 0 Å². The number of amides is 1. The van der Waals surface area contributed by atoms with Gasteiger partial charge in [0.15, 0.2) is 0 Å². The summed E-state index contributed by atoms with van der Waals surface area (Å²) in [6.45, 7) is 2.05. The van der Waals surface area contributed by atoms with Gasteiger partial charge in [-0.2, -0.15) is 0 Å². The highest BCUT2D eigenvalue weighted by atomic mass is 16.3. The zero-order valence-electron chi connectivity index (χ0n) is 12.7. The molecule has 0 aliphatic rings. The van der Waals surface area contributed by atoms with Crippen molar-refractivity contribution in [1.29, 1.82) is 0 Å². The molecule has 1 unspecified atom stereocenters. The molecule has 3 nitrogen and oxygen atoms in total. The number of carbonyl (C=O) groups excluding carboxylic acids is 1. The number of unbranched alkanes of at least 4 members (excludes halogenated alkanes) is 9. The smallest absolute Gasteiger partial charge is 0.220 e. The molecule has 0 aliphatic carbocycles. The van der Waals surface area contributed by atoms with E-state index in [0.29, 0.717) is 6.42 Å². The largest absolute Gasteiger partial charge is 0.369 e. The van der Waals surface area contributed by atoms with E-state index >= 15 is 0 Å². The van der Waals surface area contributed by atoms with E-state index in [0.717, 1.165) is 19.3 Å². The van der Waals surface area contributed by atoms with Gasteiger partial charge < -0.3 is 5.73 Å². The van der Waals surface area contributed by atoms with Crippen molar-refractivity contribution < 1.29 is 9.90 Å². The Hall–Kier alpha value is -0.570. The van der Waals surface area contributed by atoms with E-state index in [2.05, 4.69) is 6.92 Å². The Morgan fingerprint density at radius 1 is 0.842 bits per heavy atom. The normalized spacial score (nSPS) is 12.5. The van der Waals surface area contributed by atoms with E-state index in [1.807, 2.05) is 0 Å². The Kier molecular flexibility index (Phi) is 13.4. The molecule has 19 heavy (non-hydrogen) atoms. The fourth-order valence-corrected chi connectivity index (χ4v) is 2.45. The van der Waals surface area contributed by atoms with Gasteiger partial charge >= 0.3 is 0 Å². The molecule has 0 heterocycles. The topological polar surface area (TPSA) is 63.0 Å². The van der Waals surface area contributed by atoms with E-state index in [1.54, 1.807) is 0 Å². The maximum Gasteiger partial charge on any atom is 0.220 e. The van der Waals surface area contributed by atoms with Crippen LogP contribution in [0.2, 0.25) is 0 Å². The molecule has 0 rings (SSSR count). The van der Waals surface area contributed by atoms with Gasteiger partial charge in [-0.1, -0.05) is 71.1 Å². The van der Waals surface area contributed by atoms with Gasteiger partial charge in [0.25, 0.3) is 0 Å². The lowest BCUT2D eigenvalue weighted by molar-refractivity contribution is -0.122. The van der Waals surface area contributed by atoms with Crippen molar-refractivity contribution in [2.24, 2.45) is 11.7 Å². The fourth-order valence-electron chi connectivity index (χ4n) is 2.45. The van der Waals surface area contributed by atoms with Crippen LogP contribution in [0.3, 0.4) is 0 Å². The van der Waals surface area contributed by atoms with E-state index in [9.17, 15) is 9.90 Å². The molecule has 0 aromatic carbocycles. The first-order valence-corrected chi connectivity index (χ1v) is 8.09. The van der Waals surface area contributed by atoms with Crippen molar-refractivity contribution in [2.45, 2.75) is 84.0 Å². The quantitative estimate of drug-likeness (QED) is 0.472. The molecule has 1 radical (unpaired) electrons. The molecule has 0 saturated heterocycles. The van der Waals surface area contributed by atoms with Crippen LogP contribution in [-0.4, -0.2) is 12.5 Å². The second kappa shape index (κ2) is 13.9. The Morgan fingerprint density at radius 2 is 1.32 bits per heavy atom. The fraction of sp³-hybridized carbons (Fsp3) is 0.938. The molecule has 113 valence electrons. The second-order valence-electron chi connectivity index (χ2n) is 5.56. The number of hydrogen-bond acceptors (Lipinski definition) is 1. The van der Waals surface area contributed by atoms with Crippen LogP contribution in [0, 0.1) is 5.92 Å². The van der Waals surface area contributed by atoms with Crippen LogP contribution in [-0.2, 0) is 9.90 Å². The Labute approximate surface area is 119 Å². The monoisotopic (exact) mass is 270 g/mol. The van der Waals surface area contributed by atoms with Crippen molar-refractivity contribution >= 4 is 5.91 Å². The standard InChI is InChI=1S/C16H32NO2/c1-2-3-4-5-6-7-8-9-10-11-12-15(13-14-18)16(17)19/h15H,2-14H2,1H3,(H2,17,19). The summed E-state index contributed by atoms with van der Waals surface area (Å²) in [4.78, 5) is 11.1. The van der Waals surface area contributed by atoms with Gasteiger partial charge in [-0.05, 0) is 12.8 Å². The molecular weight excluding hydrogens is 238 g/mol. The molecule has 0 aromatic heterocycles. The first-order chi connectivity index (χ1) is 9.22. The number of hydrogen-bond donors (Lipinski definition) is 1. The second-order valence-corrected chi connectivity index (χ2v) is 5.56. The third-order valence-electron chi connectivity index (χ3n) is 3.77. The molecule has 0 saturated carbocycles. The van der Waals surface area contributed by atoms with Crippen LogP contribution in [0.4, 0.5) is 0 Å². The minimum absolute atomic E-state index is 0.188. The molecule has 0 fully saturated rings. The van der Waals surface area contributed by atoms with Gasteiger partial charge in [0, 0.05) is 5.92 Å². The van der Waals surface area contributed by atoms with E-state index in [4.69, 9.17) is 5.73 Å². The average molecular weight is 270 g/mol. The lowest BCUT2D eigenvalue weighted by Gasteiger charge is -2.10. The van der Waals surface area contributed by atoms with Gasteiger partial charge in [-0.15, -0.1) is 0 Å². The molecule has 1 atom stereocenters. The van der Waals surface area contributed by atoms with Crippen molar-refractivity contribution in [3.05, 3.63) is 0 Å². The van der Waals surface area contributed by atoms with Crippen LogP contribution in [0.1, 0.15) is 84.0 Å². The van der Waals surface area contributed by atoms with Gasteiger partial charge in [0.2, 0.25) is 5.91 Å². The number of carbonyl (C=O) groups is 1. The third-order valence-corrected chi connectivity index (χ3v) is 3.77. The van der Waals surface area contributed by atoms with Crippen molar-refractivity contribution in [3.63, 3.8) is 0 Å². The first kappa shape index (κ1) is 18.4. The number of rotatable bonds is 14. The lowest BCUT2D eigenvalue weighted by Crippen LogP contribution is -2.23. The number of primary amides is 1. The van der Waals surface area contributed by atoms with Crippen LogP contribution in [0.25, 0.3) is 0 Å². The maximum absolute atomic E-state index is 11.1. The molecule has 0 aliphatic heterocycles. The summed E-state index contributed by atoms with van der Waals surface area (Å²) in [5, 5.41) is 10.5. The van der Waals surface area contributed by atoms with Crippen molar-refractivity contribution in [2.75, 3.05) is 6.61 Å². The van der Waals surface area contributed by atoms with Gasteiger partial charge in [-0.25, -0.2) is 5.11 Å². The molecule has 0 aromatic rings. The van der Waals surface area contributed by atoms with Crippen LogP contribution in [0.5, 0.6) is 0 Å². The summed E-state index contributed by atoms with van der Waals surface area (Å²) in [5.74, 6) is -0.488. The highest BCUT2D eigenvalue weighted by molar-refractivity contribution is 5.76. The predicted octanol–water partition coefficient (Wildman–Crippen LogP) is 4.22. The SMILES string of the molecule is CCCCCCCCCCCCC(CC[O])C(N)=O. The molecule has 3 heteroatoms. The average Bonchev–Trinajstić information content (AvgIpc) is 2.39. The number of nitrogens with two attached hydrogens (primary N) is 1. The highest BCUT2D eigenvalue weighted by Crippen LogP contribution is 2.15. The zero-order chi connectivity index (χ0) is 14.3. The minimum atomic E-state index is -0.299. The summed E-state index contributed by atoms with van der Waals surface area (Å²) in [6, 6.07) is 0. The van der Waals surface area contributed by atoms with Crippen molar-refractivity contribution in [3.8, 4) is 0 Å². The molecule has 0 spiro atoms. The Morgan fingerprint density at radius 3 is 1.74 bits per heavy atom. The van der Waals surface area contributed by atoms with Gasteiger partial charge in [-0.3, -0.25) is 4.79 Å². The van der Waals surface area contributed by atoms with Crippen LogP contribution in [0.15, 0.2) is 0 Å². The Balaban J connectivity index is 3.27. The Bertz CT molecular complexity index is 207. The lowest BCUT2D eigenvalue weighted by atomic mass is 9.97. The summed E-state index contributed by atoms with van der Waals surface area (Å²) < 4.78 is 0. The summed E-state index contributed by atoms with van der Waals surface area (Å²) in [5.41, 5.74) is 5.27. The van der Waals surface area contributed by atoms with E-state index < -0.39 is 0 Å². The van der Waals surface area contributed by atoms with E-state index in [1.165, 1.54) is 51.4 Å². The first-order valence-electron chi connectivity index (χ1n) is 8.09. The minimum Gasteiger partial charge on any atom is -0.369 e. The molecular formula is C16H32NO2. The van der Waals surface area contributed by atoms with Crippen LogP contribution < -0.4 is 5.73 Å². The highest BCUT2D eigenvalue weighted by Gasteiger charge is 2.13. The maximum atomic E-state index is 11.1. The summed E-state index contributed by atoms with van der Waals surface area (Å²) >= 11 is 0. The predicted molar refractivity (Wildman–Crippen MR) is 79.3 cm³/mol. The zero-order valence-corrected chi connectivity index (χ0v) is 12.7.